The first kappa shape index (κ1) is 28.8. The molecular formula is C29H34FN3O4S. The zero-order chi connectivity index (χ0) is 27.9. The number of para-hydroxylation sites is 1. The van der Waals surface area contributed by atoms with Gasteiger partial charge in [0.15, 0.2) is 0 Å². The fourth-order valence-electron chi connectivity index (χ4n) is 3.93. The van der Waals surface area contributed by atoms with Gasteiger partial charge in [-0.1, -0.05) is 74.0 Å². The molecule has 0 radical (unpaired) electrons. The molecule has 0 aliphatic carbocycles. The molecule has 0 aliphatic rings. The van der Waals surface area contributed by atoms with Crippen LogP contribution >= 0.6 is 0 Å². The molecule has 0 aliphatic heterocycles. The van der Waals surface area contributed by atoms with Gasteiger partial charge in [0.1, 0.15) is 18.4 Å². The summed E-state index contributed by atoms with van der Waals surface area (Å²) in [5.41, 5.74) is 1.51. The molecule has 0 heterocycles. The number of rotatable bonds is 11. The quantitative estimate of drug-likeness (QED) is 0.388. The number of amides is 2. The van der Waals surface area contributed by atoms with Crippen molar-refractivity contribution in [2.45, 2.75) is 45.2 Å². The second kappa shape index (κ2) is 12.7. The van der Waals surface area contributed by atoms with E-state index in [1.807, 2.05) is 45.0 Å². The van der Waals surface area contributed by atoms with Crippen LogP contribution in [0.4, 0.5) is 10.1 Å². The number of hydrogen-bond donors (Lipinski definition) is 1. The van der Waals surface area contributed by atoms with E-state index in [-0.39, 0.29) is 29.0 Å². The third-order valence-corrected chi connectivity index (χ3v) is 7.79. The first-order valence-electron chi connectivity index (χ1n) is 12.5. The van der Waals surface area contributed by atoms with Gasteiger partial charge >= 0.3 is 0 Å². The van der Waals surface area contributed by atoms with Crippen molar-refractivity contribution in [1.29, 1.82) is 0 Å². The van der Waals surface area contributed by atoms with E-state index in [2.05, 4.69) is 5.32 Å². The first-order valence-corrected chi connectivity index (χ1v) is 13.9. The van der Waals surface area contributed by atoms with Gasteiger partial charge in [-0.2, -0.15) is 0 Å². The lowest BCUT2D eigenvalue weighted by Gasteiger charge is -2.32. The fourth-order valence-corrected chi connectivity index (χ4v) is 5.37. The van der Waals surface area contributed by atoms with Gasteiger partial charge < -0.3 is 10.2 Å². The van der Waals surface area contributed by atoms with Crippen molar-refractivity contribution < 1.29 is 22.4 Å². The van der Waals surface area contributed by atoms with Crippen LogP contribution in [0.2, 0.25) is 0 Å². The van der Waals surface area contributed by atoms with Crippen molar-refractivity contribution in [3.8, 4) is 0 Å². The van der Waals surface area contributed by atoms with E-state index in [4.69, 9.17) is 0 Å². The number of benzene rings is 3. The van der Waals surface area contributed by atoms with E-state index in [0.29, 0.717) is 6.54 Å². The van der Waals surface area contributed by atoms with Crippen molar-refractivity contribution in [1.82, 2.24) is 10.2 Å². The van der Waals surface area contributed by atoms with Crippen molar-refractivity contribution in [3.05, 3.63) is 95.8 Å². The van der Waals surface area contributed by atoms with Gasteiger partial charge in [-0.25, -0.2) is 12.8 Å². The normalized spacial score (nSPS) is 12.2. The van der Waals surface area contributed by atoms with Crippen molar-refractivity contribution in [2.24, 2.45) is 5.92 Å². The summed E-state index contributed by atoms with van der Waals surface area (Å²) < 4.78 is 42.9. The molecule has 1 unspecified atom stereocenters. The number of sulfonamides is 1. The number of aryl methyl sites for hydroxylation is 1. The Morgan fingerprint density at radius 2 is 1.58 bits per heavy atom. The molecule has 1 N–H and O–H groups in total. The number of nitrogens with one attached hydrogen (secondary N) is 1. The summed E-state index contributed by atoms with van der Waals surface area (Å²) in [5, 5.41) is 2.84. The van der Waals surface area contributed by atoms with Crippen LogP contribution in [0.25, 0.3) is 0 Å². The molecule has 0 saturated heterocycles. The van der Waals surface area contributed by atoms with E-state index in [1.54, 1.807) is 25.1 Å². The van der Waals surface area contributed by atoms with E-state index >= 15 is 0 Å². The molecule has 7 nitrogen and oxygen atoms in total. The molecule has 202 valence electrons. The summed E-state index contributed by atoms with van der Waals surface area (Å²) in [6.45, 7) is 7.25. The Labute approximate surface area is 224 Å². The Morgan fingerprint density at radius 3 is 2.21 bits per heavy atom. The SMILES string of the molecule is Cc1cccc(CN(C(=O)CN(c2ccccc2F)S(=O)(=O)c2ccccc2)C(C)C(=O)NCC(C)C)c1. The summed E-state index contributed by atoms with van der Waals surface area (Å²) in [7, 11) is -4.31. The lowest BCUT2D eigenvalue weighted by molar-refractivity contribution is -0.139. The average Bonchev–Trinajstić information content (AvgIpc) is 2.89. The van der Waals surface area contributed by atoms with E-state index in [1.165, 1.54) is 35.2 Å². The minimum Gasteiger partial charge on any atom is -0.354 e. The zero-order valence-corrected chi connectivity index (χ0v) is 22.9. The predicted octanol–water partition coefficient (Wildman–Crippen LogP) is 4.52. The van der Waals surface area contributed by atoms with Crippen molar-refractivity contribution in [2.75, 3.05) is 17.4 Å². The van der Waals surface area contributed by atoms with E-state index in [0.717, 1.165) is 21.5 Å². The lowest BCUT2D eigenvalue weighted by atomic mass is 10.1. The van der Waals surface area contributed by atoms with Crippen LogP contribution in [0.3, 0.4) is 0 Å². The summed E-state index contributed by atoms with van der Waals surface area (Å²) >= 11 is 0. The smallest absolute Gasteiger partial charge is 0.264 e. The van der Waals surface area contributed by atoms with Gasteiger partial charge in [-0.3, -0.25) is 13.9 Å². The maximum absolute atomic E-state index is 14.9. The third-order valence-electron chi connectivity index (χ3n) is 6.02. The highest BCUT2D eigenvalue weighted by Crippen LogP contribution is 2.27. The van der Waals surface area contributed by atoms with Crippen LogP contribution in [0.15, 0.2) is 83.8 Å². The van der Waals surface area contributed by atoms with Crippen LogP contribution in [0.5, 0.6) is 0 Å². The lowest BCUT2D eigenvalue weighted by Crippen LogP contribution is -2.51. The van der Waals surface area contributed by atoms with Crippen LogP contribution in [-0.2, 0) is 26.2 Å². The maximum atomic E-state index is 14.9. The Balaban J connectivity index is 2.01. The molecule has 0 saturated carbocycles. The Hall–Kier alpha value is -3.72. The van der Waals surface area contributed by atoms with Crippen molar-refractivity contribution in [3.63, 3.8) is 0 Å². The monoisotopic (exact) mass is 539 g/mol. The topological polar surface area (TPSA) is 86.8 Å². The highest BCUT2D eigenvalue weighted by molar-refractivity contribution is 7.92. The van der Waals surface area contributed by atoms with Crippen LogP contribution in [-0.4, -0.2) is 44.3 Å². The standard InChI is InChI=1S/C29H34FN3O4S/c1-21(2)18-31-29(35)23(4)32(19-24-12-10-11-22(3)17-24)28(34)20-33(27-16-9-8-15-26(27)30)38(36,37)25-13-6-5-7-14-25/h5-17,21,23H,18-20H2,1-4H3,(H,31,35). The molecule has 2 amide bonds. The maximum Gasteiger partial charge on any atom is 0.264 e. The predicted molar refractivity (Wildman–Crippen MR) is 146 cm³/mol. The third kappa shape index (κ3) is 7.19. The summed E-state index contributed by atoms with van der Waals surface area (Å²) in [6.07, 6.45) is 0. The number of carbonyl (C=O) groups is 2. The molecule has 3 aromatic carbocycles. The summed E-state index contributed by atoms with van der Waals surface area (Å²) in [4.78, 5) is 28.0. The average molecular weight is 540 g/mol. The van der Waals surface area contributed by atoms with Gasteiger partial charge in [0.05, 0.1) is 10.6 Å². The molecular weight excluding hydrogens is 505 g/mol. The highest BCUT2D eigenvalue weighted by Gasteiger charge is 2.33. The highest BCUT2D eigenvalue weighted by atomic mass is 32.2. The molecule has 0 fully saturated rings. The minimum atomic E-state index is -4.31. The number of anilines is 1. The second-order valence-corrected chi connectivity index (χ2v) is 11.5. The summed E-state index contributed by atoms with van der Waals surface area (Å²) in [6, 6.07) is 19.6. The molecule has 3 aromatic rings. The molecule has 0 spiro atoms. The Bertz CT molecular complexity index is 1360. The summed E-state index contributed by atoms with van der Waals surface area (Å²) in [5.74, 6) is -1.57. The van der Waals surface area contributed by atoms with Crippen LogP contribution in [0, 0.1) is 18.7 Å². The Kier molecular flexibility index (Phi) is 9.63. The molecule has 9 heteroatoms. The van der Waals surface area contributed by atoms with Gasteiger partial charge in [0, 0.05) is 13.1 Å². The number of hydrogen-bond acceptors (Lipinski definition) is 4. The first-order chi connectivity index (χ1) is 18.0. The van der Waals surface area contributed by atoms with Gasteiger partial charge in [0.2, 0.25) is 11.8 Å². The van der Waals surface area contributed by atoms with Crippen molar-refractivity contribution >= 4 is 27.5 Å². The molecule has 0 bridgehead atoms. The van der Waals surface area contributed by atoms with E-state index < -0.39 is 34.3 Å². The molecule has 38 heavy (non-hydrogen) atoms. The number of nitrogens with zero attached hydrogens (tertiary/aromatic N) is 2. The number of halogens is 1. The van der Waals surface area contributed by atoms with Crippen LogP contribution in [0.1, 0.15) is 31.9 Å². The van der Waals surface area contributed by atoms with Gasteiger partial charge in [-0.05, 0) is 49.6 Å². The Morgan fingerprint density at radius 1 is 0.921 bits per heavy atom. The number of carbonyl (C=O) groups excluding carboxylic acids is 2. The van der Waals surface area contributed by atoms with Gasteiger partial charge in [0.25, 0.3) is 10.0 Å². The van der Waals surface area contributed by atoms with E-state index in [9.17, 15) is 22.4 Å². The second-order valence-electron chi connectivity index (χ2n) is 9.60. The molecule has 3 rings (SSSR count). The molecule has 0 aromatic heterocycles. The zero-order valence-electron chi connectivity index (χ0n) is 22.1. The van der Waals surface area contributed by atoms with Gasteiger partial charge in [-0.15, -0.1) is 0 Å². The minimum absolute atomic E-state index is 0.0767. The van der Waals surface area contributed by atoms with Crippen LogP contribution < -0.4 is 9.62 Å². The fraction of sp³-hybridized carbons (Fsp3) is 0.310. The largest absolute Gasteiger partial charge is 0.354 e. The molecule has 1 atom stereocenters.